The van der Waals surface area contributed by atoms with Crippen LogP contribution in [0, 0.1) is 26.7 Å². The number of anilines is 1. The fourth-order valence-electron chi connectivity index (χ4n) is 3.63. The van der Waals surface area contributed by atoms with Gasteiger partial charge >= 0.3 is 0 Å². The predicted octanol–water partition coefficient (Wildman–Crippen LogP) is 3.57. The second-order valence-electron chi connectivity index (χ2n) is 9.44. The normalized spacial score (nSPS) is 12.4. The molecular weight excluding hydrogens is 450 g/mol. The first-order valence-electron chi connectivity index (χ1n) is 11.5. The Morgan fingerprint density at radius 3 is 1.97 bits per heavy atom. The summed E-state index contributed by atoms with van der Waals surface area (Å²) in [6.45, 7) is 11.7. The lowest BCUT2D eigenvalue weighted by molar-refractivity contribution is -0.139. The lowest BCUT2D eigenvalue weighted by Gasteiger charge is -2.31. The number of nitrogens with one attached hydrogen (secondary N) is 1. The van der Waals surface area contributed by atoms with E-state index in [0.29, 0.717) is 12.2 Å². The van der Waals surface area contributed by atoms with Crippen molar-refractivity contribution in [3.8, 4) is 0 Å². The first-order chi connectivity index (χ1) is 15.8. The van der Waals surface area contributed by atoms with Crippen LogP contribution in [0.2, 0.25) is 0 Å². The van der Waals surface area contributed by atoms with Crippen LogP contribution in [0.15, 0.2) is 42.5 Å². The van der Waals surface area contributed by atoms with E-state index >= 15 is 0 Å². The molecule has 2 aromatic rings. The van der Waals surface area contributed by atoms with Gasteiger partial charge < -0.3 is 10.2 Å². The number of nitrogens with zero attached hydrogens (tertiary/aromatic N) is 2. The minimum Gasteiger partial charge on any atom is -0.354 e. The summed E-state index contributed by atoms with van der Waals surface area (Å²) < 4.78 is 26.4. The van der Waals surface area contributed by atoms with E-state index < -0.39 is 28.5 Å². The largest absolute Gasteiger partial charge is 0.354 e. The molecule has 0 unspecified atom stereocenters. The maximum absolute atomic E-state index is 13.5. The van der Waals surface area contributed by atoms with Crippen LogP contribution in [-0.2, 0) is 26.2 Å². The molecule has 1 N–H and O–H groups in total. The molecule has 0 heterocycles. The third kappa shape index (κ3) is 7.87. The van der Waals surface area contributed by atoms with Crippen LogP contribution in [0.1, 0.15) is 43.0 Å². The first-order valence-corrected chi connectivity index (χ1v) is 13.3. The molecule has 0 aromatic heterocycles. The number of carbonyl (C=O) groups excluding carboxylic acids is 2. The number of hydrogen-bond donors (Lipinski definition) is 1. The molecule has 0 fully saturated rings. The van der Waals surface area contributed by atoms with Crippen LogP contribution in [-0.4, -0.2) is 50.5 Å². The van der Waals surface area contributed by atoms with Crippen LogP contribution in [0.3, 0.4) is 0 Å². The number of sulfonamides is 1. The molecule has 0 aliphatic carbocycles. The van der Waals surface area contributed by atoms with Gasteiger partial charge in [-0.2, -0.15) is 0 Å². The van der Waals surface area contributed by atoms with Gasteiger partial charge in [0.05, 0.1) is 11.9 Å². The molecule has 2 rings (SSSR count). The van der Waals surface area contributed by atoms with E-state index in [4.69, 9.17) is 0 Å². The summed E-state index contributed by atoms with van der Waals surface area (Å²) in [7, 11) is -3.74. The van der Waals surface area contributed by atoms with Crippen LogP contribution < -0.4 is 9.62 Å². The Kier molecular flexibility index (Phi) is 9.27. The topological polar surface area (TPSA) is 86.8 Å². The molecule has 2 amide bonds. The van der Waals surface area contributed by atoms with Crippen LogP contribution in [0.5, 0.6) is 0 Å². The standard InChI is InChI=1S/C26H37N3O4S/c1-18(2)15-27-26(31)22(6)28(16-23-10-8-19(3)9-11-23)25(30)17-29(34(7,32)33)24-13-20(4)12-21(5)14-24/h8-14,18,22H,15-17H2,1-7H3,(H,27,31)/t22-/m1/s1. The Hall–Kier alpha value is -2.87. The summed E-state index contributed by atoms with van der Waals surface area (Å²) in [5.41, 5.74) is 4.17. The Morgan fingerprint density at radius 2 is 1.47 bits per heavy atom. The molecule has 8 heteroatoms. The van der Waals surface area contributed by atoms with Crippen molar-refractivity contribution < 1.29 is 18.0 Å². The zero-order chi connectivity index (χ0) is 25.6. The van der Waals surface area contributed by atoms with Crippen LogP contribution in [0.4, 0.5) is 5.69 Å². The van der Waals surface area contributed by atoms with Crippen molar-refractivity contribution in [2.75, 3.05) is 23.7 Å². The molecule has 7 nitrogen and oxygen atoms in total. The highest BCUT2D eigenvalue weighted by molar-refractivity contribution is 7.92. The van der Waals surface area contributed by atoms with E-state index in [0.717, 1.165) is 32.8 Å². The highest BCUT2D eigenvalue weighted by Crippen LogP contribution is 2.22. The van der Waals surface area contributed by atoms with Crippen LogP contribution in [0.25, 0.3) is 0 Å². The van der Waals surface area contributed by atoms with Crippen molar-refractivity contribution in [3.05, 3.63) is 64.7 Å². The molecule has 0 saturated carbocycles. The SMILES string of the molecule is Cc1ccc(CN(C(=O)CN(c2cc(C)cc(C)c2)S(C)(=O)=O)[C@H](C)C(=O)NCC(C)C)cc1. The molecule has 0 bridgehead atoms. The fourth-order valence-corrected chi connectivity index (χ4v) is 4.47. The number of rotatable bonds is 10. The fraction of sp³-hybridized carbons (Fsp3) is 0.462. The van der Waals surface area contributed by atoms with Gasteiger partial charge in [-0.05, 0) is 62.4 Å². The van der Waals surface area contributed by atoms with E-state index in [-0.39, 0.29) is 18.4 Å². The minimum absolute atomic E-state index is 0.194. The maximum atomic E-state index is 13.5. The lowest BCUT2D eigenvalue weighted by atomic mass is 10.1. The molecular formula is C26H37N3O4S. The second-order valence-corrected chi connectivity index (χ2v) is 11.3. The molecule has 0 radical (unpaired) electrons. The Labute approximate surface area is 204 Å². The third-order valence-corrected chi connectivity index (χ3v) is 6.64. The summed E-state index contributed by atoms with van der Waals surface area (Å²) in [5.74, 6) is -0.452. The van der Waals surface area contributed by atoms with E-state index in [2.05, 4.69) is 5.32 Å². The van der Waals surface area contributed by atoms with Gasteiger partial charge in [0.15, 0.2) is 0 Å². The molecule has 0 aliphatic rings. The van der Waals surface area contributed by atoms with E-state index in [1.165, 1.54) is 4.90 Å². The quantitative estimate of drug-likeness (QED) is 0.555. The second kappa shape index (κ2) is 11.5. The monoisotopic (exact) mass is 487 g/mol. The van der Waals surface area contributed by atoms with Gasteiger partial charge in [-0.1, -0.05) is 49.7 Å². The predicted molar refractivity (Wildman–Crippen MR) is 137 cm³/mol. The molecule has 0 saturated heterocycles. The molecule has 1 atom stereocenters. The minimum atomic E-state index is -3.74. The van der Waals surface area contributed by atoms with E-state index in [1.807, 2.05) is 65.0 Å². The van der Waals surface area contributed by atoms with Gasteiger partial charge in [-0.3, -0.25) is 13.9 Å². The Morgan fingerprint density at radius 1 is 0.912 bits per heavy atom. The Balaban J connectivity index is 2.39. The average Bonchev–Trinajstić information content (AvgIpc) is 2.73. The van der Waals surface area contributed by atoms with Gasteiger partial charge in [0.25, 0.3) is 0 Å². The zero-order valence-electron chi connectivity index (χ0n) is 21.3. The molecule has 0 spiro atoms. The molecule has 0 aliphatic heterocycles. The molecule has 34 heavy (non-hydrogen) atoms. The van der Waals surface area contributed by atoms with Crippen molar-refractivity contribution in [2.24, 2.45) is 5.92 Å². The first kappa shape index (κ1) is 27.4. The summed E-state index contributed by atoms with van der Waals surface area (Å²) in [4.78, 5) is 27.8. The number of amides is 2. The molecule has 186 valence electrons. The Bertz CT molecular complexity index is 1090. The van der Waals surface area contributed by atoms with Gasteiger partial charge in [-0.25, -0.2) is 8.42 Å². The van der Waals surface area contributed by atoms with E-state index in [1.54, 1.807) is 19.1 Å². The third-order valence-electron chi connectivity index (χ3n) is 5.50. The van der Waals surface area contributed by atoms with Gasteiger partial charge in [0, 0.05) is 13.1 Å². The van der Waals surface area contributed by atoms with Gasteiger partial charge in [0.1, 0.15) is 12.6 Å². The maximum Gasteiger partial charge on any atom is 0.244 e. The van der Waals surface area contributed by atoms with Gasteiger partial charge in [0.2, 0.25) is 21.8 Å². The summed E-state index contributed by atoms with van der Waals surface area (Å²) in [5, 5.41) is 2.88. The van der Waals surface area contributed by atoms with Crippen LogP contribution >= 0.6 is 0 Å². The number of aryl methyl sites for hydroxylation is 3. The van der Waals surface area contributed by atoms with Crippen molar-refractivity contribution in [1.82, 2.24) is 10.2 Å². The highest BCUT2D eigenvalue weighted by atomic mass is 32.2. The highest BCUT2D eigenvalue weighted by Gasteiger charge is 2.30. The number of hydrogen-bond acceptors (Lipinski definition) is 4. The summed E-state index contributed by atoms with van der Waals surface area (Å²) in [6, 6.07) is 12.4. The average molecular weight is 488 g/mol. The lowest BCUT2D eigenvalue weighted by Crippen LogP contribution is -2.51. The van der Waals surface area contributed by atoms with Gasteiger partial charge in [-0.15, -0.1) is 0 Å². The summed E-state index contributed by atoms with van der Waals surface area (Å²) in [6.07, 6.45) is 1.08. The van der Waals surface area contributed by atoms with Crippen molar-refractivity contribution >= 4 is 27.5 Å². The number of benzene rings is 2. The molecule has 2 aromatic carbocycles. The smallest absolute Gasteiger partial charge is 0.244 e. The van der Waals surface area contributed by atoms with E-state index in [9.17, 15) is 18.0 Å². The van der Waals surface area contributed by atoms with Crippen molar-refractivity contribution in [2.45, 2.75) is 54.1 Å². The zero-order valence-corrected chi connectivity index (χ0v) is 22.1. The van der Waals surface area contributed by atoms with Crippen molar-refractivity contribution in [1.29, 1.82) is 0 Å². The number of carbonyl (C=O) groups is 2. The summed E-state index contributed by atoms with van der Waals surface area (Å²) >= 11 is 0. The van der Waals surface area contributed by atoms with Crippen molar-refractivity contribution in [3.63, 3.8) is 0 Å².